The highest BCUT2D eigenvalue weighted by Gasteiger charge is 2.41. The average molecular weight is 597 g/mol. The molecule has 1 aliphatic heterocycles. The van der Waals surface area contributed by atoms with Gasteiger partial charge in [-0.2, -0.15) is 0 Å². The number of amides is 2. The first-order valence-corrected chi connectivity index (χ1v) is 18.5. The van der Waals surface area contributed by atoms with E-state index in [-0.39, 0.29) is 35.6 Å². The summed E-state index contributed by atoms with van der Waals surface area (Å²) in [5.74, 6) is -0.426. The molecule has 0 spiro atoms. The second-order valence-electron chi connectivity index (χ2n) is 12.8. The summed E-state index contributed by atoms with van der Waals surface area (Å²) in [4.78, 5) is 31.6. The van der Waals surface area contributed by atoms with Crippen LogP contribution in [-0.2, 0) is 14.0 Å². The van der Waals surface area contributed by atoms with Crippen LogP contribution in [0.2, 0.25) is 18.1 Å². The van der Waals surface area contributed by atoms with Gasteiger partial charge in [-0.05, 0) is 81.8 Å². The van der Waals surface area contributed by atoms with Crippen molar-refractivity contribution in [2.75, 3.05) is 6.61 Å². The largest absolute Gasteiger partial charge is 0.446 e. The number of hydrogen-bond acceptors (Lipinski definition) is 6. The van der Waals surface area contributed by atoms with Gasteiger partial charge in [0.05, 0.1) is 16.8 Å². The summed E-state index contributed by atoms with van der Waals surface area (Å²) in [7, 11) is -1.98. The van der Waals surface area contributed by atoms with Gasteiger partial charge in [0.25, 0.3) is 0 Å². The minimum atomic E-state index is -1.98. The van der Waals surface area contributed by atoms with Crippen molar-refractivity contribution in [1.29, 1.82) is 0 Å². The van der Waals surface area contributed by atoms with Crippen LogP contribution in [0.25, 0.3) is 6.08 Å². The molecule has 0 saturated carbocycles. The van der Waals surface area contributed by atoms with Gasteiger partial charge >= 0.3 is 6.09 Å². The van der Waals surface area contributed by atoms with Crippen LogP contribution in [0, 0.1) is 12.8 Å². The molecule has 3 rings (SSSR count). The molecule has 8 heteroatoms. The Kier molecular flexibility index (Phi) is 11.3. The summed E-state index contributed by atoms with van der Waals surface area (Å²) in [6, 6.07) is 9.26. The standard InChI is InChI=1S/C33H48N2O4SSi/c1-23(14-13-15-24(2)31(36)35-29(21-38-32(35)37)27-16-11-10-12-17-27)18-19-30(39-41(8,9)33(5,6)7)25(3)20-28-22-40-26(4)34-28/h10-12,16-18,20,22,24,29-30H,13-15,19,21H2,1-9H3/b23-18-,25-20+/t24-,29-,30-/m0/s1. The molecular weight excluding hydrogens is 549 g/mol. The second-order valence-corrected chi connectivity index (χ2v) is 18.7. The molecule has 1 aliphatic rings. The maximum Gasteiger partial charge on any atom is 0.417 e. The number of carbonyl (C=O) groups excluding carboxylic acids is 2. The van der Waals surface area contributed by atoms with Crippen LogP contribution in [0.4, 0.5) is 4.79 Å². The van der Waals surface area contributed by atoms with Crippen LogP contribution < -0.4 is 0 Å². The first-order chi connectivity index (χ1) is 19.2. The van der Waals surface area contributed by atoms with Gasteiger partial charge in [-0.1, -0.05) is 69.7 Å². The van der Waals surface area contributed by atoms with E-state index in [1.165, 1.54) is 16.0 Å². The molecule has 1 saturated heterocycles. The van der Waals surface area contributed by atoms with E-state index >= 15 is 0 Å². The third-order valence-corrected chi connectivity index (χ3v) is 13.6. The van der Waals surface area contributed by atoms with E-state index in [0.29, 0.717) is 6.42 Å². The van der Waals surface area contributed by atoms with Crippen LogP contribution in [0.15, 0.2) is 52.9 Å². The highest BCUT2D eigenvalue weighted by atomic mass is 32.1. The maximum atomic E-state index is 13.3. The van der Waals surface area contributed by atoms with Gasteiger partial charge in [-0.15, -0.1) is 11.3 Å². The number of aromatic nitrogens is 1. The van der Waals surface area contributed by atoms with E-state index in [1.54, 1.807) is 11.3 Å². The molecule has 1 fully saturated rings. The van der Waals surface area contributed by atoms with Crippen LogP contribution in [0.5, 0.6) is 0 Å². The van der Waals surface area contributed by atoms with E-state index in [4.69, 9.17) is 9.16 Å². The molecule has 2 amide bonds. The van der Waals surface area contributed by atoms with Gasteiger partial charge in [0, 0.05) is 11.3 Å². The summed E-state index contributed by atoms with van der Waals surface area (Å²) >= 11 is 1.66. The molecule has 0 N–H and O–H groups in total. The van der Waals surface area contributed by atoms with Gasteiger partial charge in [0.15, 0.2) is 8.32 Å². The van der Waals surface area contributed by atoms with E-state index in [9.17, 15) is 9.59 Å². The number of rotatable bonds is 12. The lowest BCUT2D eigenvalue weighted by Crippen LogP contribution is -2.44. The second kappa shape index (κ2) is 14.1. The quantitative estimate of drug-likeness (QED) is 0.181. The van der Waals surface area contributed by atoms with Crippen molar-refractivity contribution < 1.29 is 18.8 Å². The van der Waals surface area contributed by atoms with E-state index in [0.717, 1.165) is 35.5 Å². The molecule has 0 bridgehead atoms. The molecule has 41 heavy (non-hydrogen) atoms. The maximum absolute atomic E-state index is 13.3. The van der Waals surface area contributed by atoms with Gasteiger partial charge in [0.2, 0.25) is 5.91 Å². The first-order valence-electron chi connectivity index (χ1n) is 14.7. The smallest absolute Gasteiger partial charge is 0.417 e. The van der Waals surface area contributed by atoms with Gasteiger partial charge < -0.3 is 9.16 Å². The van der Waals surface area contributed by atoms with Crippen molar-refractivity contribution in [3.8, 4) is 0 Å². The van der Waals surface area contributed by atoms with Crippen LogP contribution in [0.3, 0.4) is 0 Å². The van der Waals surface area contributed by atoms with Crippen molar-refractivity contribution in [2.24, 2.45) is 5.92 Å². The van der Waals surface area contributed by atoms with E-state index < -0.39 is 14.4 Å². The Bertz CT molecular complexity index is 1250. The van der Waals surface area contributed by atoms with Crippen molar-refractivity contribution in [1.82, 2.24) is 9.88 Å². The van der Waals surface area contributed by atoms with Gasteiger partial charge in [-0.3, -0.25) is 4.79 Å². The third-order valence-electron chi connectivity index (χ3n) is 8.37. The molecule has 0 unspecified atom stereocenters. The monoisotopic (exact) mass is 596 g/mol. The normalized spacial score (nSPS) is 18.4. The highest BCUT2D eigenvalue weighted by molar-refractivity contribution is 7.09. The fourth-order valence-electron chi connectivity index (χ4n) is 4.68. The minimum Gasteiger partial charge on any atom is -0.446 e. The number of nitrogens with zero attached hydrogens (tertiary/aromatic N) is 2. The van der Waals surface area contributed by atoms with Crippen molar-refractivity contribution in [3.63, 3.8) is 0 Å². The fraction of sp³-hybridized carbons (Fsp3) is 0.545. The number of hydrogen-bond donors (Lipinski definition) is 0. The number of carbonyl (C=O) groups is 2. The summed E-state index contributed by atoms with van der Waals surface area (Å²) in [5.41, 5.74) is 4.38. The van der Waals surface area contributed by atoms with E-state index in [1.807, 2.05) is 44.2 Å². The van der Waals surface area contributed by atoms with Crippen molar-refractivity contribution in [3.05, 3.63) is 69.2 Å². The number of ether oxygens (including phenoxy) is 1. The number of aryl methyl sites for hydroxylation is 1. The number of imide groups is 1. The summed E-state index contributed by atoms with van der Waals surface area (Å²) in [5, 5.41) is 3.27. The molecule has 224 valence electrons. The highest BCUT2D eigenvalue weighted by Crippen LogP contribution is 2.39. The SMILES string of the molecule is C/C(=C/C[C@H](O[Si](C)(C)C(C)(C)C)/C(C)=C/c1csc(C)n1)CCC[C@H](C)C(=O)N1C(=O)OC[C@H]1c1ccccc1. The Morgan fingerprint density at radius 3 is 2.54 bits per heavy atom. The van der Waals surface area contributed by atoms with Crippen molar-refractivity contribution in [2.45, 2.75) is 104 Å². The summed E-state index contributed by atoms with van der Waals surface area (Å²) < 4.78 is 12.1. The Hall–Kier alpha value is -2.55. The molecule has 1 aromatic carbocycles. The Labute approximate surface area is 252 Å². The van der Waals surface area contributed by atoms with Crippen LogP contribution in [-0.4, -0.2) is 42.9 Å². The molecular formula is C33H48N2O4SSi. The number of benzene rings is 1. The predicted octanol–water partition coefficient (Wildman–Crippen LogP) is 9.11. The lowest BCUT2D eigenvalue weighted by Gasteiger charge is -2.39. The third kappa shape index (κ3) is 8.96. The predicted molar refractivity (Wildman–Crippen MR) is 171 cm³/mol. The fourth-order valence-corrected chi connectivity index (χ4v) is 6.59. The molecule has 0 radical (unpaired) electrons. The van der Waals surface area contributed by atoms with Gasteiger partial charge in [0.1, 0.15) is 12.6 Å². The molecule has 1 aromatic heterocycles. The van der Waals surface area contributed by atoms with Crippen LogP contribution >= 0.6 is 11.3 Å². The molecule has 2 aromatic rings. The lowest BCUT2D eigenvalue weighted by molar-refractivity contribution is -0.133. The number of cyclic esters (lactones) is 1. The molecule has 2 heterocycles. The Morgan fingerprint density at radius 2 is 1.93 bits per heavy atom. The van der Waals surface area contributed by atoms with Gasteiger partial charge in [-0.25, -0.2) is 14.7 Å². The molecule has 6 nitrogen and oxygen atoms in total. The Balaban J connectivity index is 1.61. The molecule has 0 aliphatic carbocycles. The minimum absolute atomic E-state index is 0.00977. The number of thiazole rings is 1. The van der Waals surface area contributed by atoms with E-state index in [2.05, 4.69) is 70.2 Å². The summed E-state index contributed by atoms with van der Waals surface area (Å²) in [6.45, 7) is 19.9. The zero-order valence-electron chi connectivity index (χ0n) is 26.3. The van der Waals surface area contributed by atoms with Crippen molar-refractivity contribution >= 4 is 37.7 Å². The first kappa shape index (κ1) is 33.0. The average Bonchev–Trinajstić information content (AvgIpc) is 3.50. The lowest BCUT2D eigenvalue weighted by atomic mass is 9.98. The number of allylic oxidation sites excluding steroid dienone is 1. The summed E-state index contributed by atoms with van der Waals surface area (Å²) in [6.07, 6.45) is 7.17. The Morgan fingerprint density at radius 1 is 1.24 bits per heavy atom. The topological polar surface area (TPSA) is 68.7 Å². The van der Waals surface area contributed by atoms with Crippen LogP contribution in [0.1, 0.15) is 89.5 Å². The molecule has 3 atom stereocenters. The zero-order valence-corrected chi connectivity index (χ0v) is 28.1. The zero-order chi connectivity index (χ0) is 30.4.